The molecule has 1 N–H and O–H groups in total. The molecule has 0 aliphatic rings. The van der Waals surface area contributed by atoms with Crippen LogP contribution in [-0.4, -0.2) is 6.04 Å². The van der Waals surface area contributed by atoms with Crippen LogP contribution in [0.2, 0.25) is 0 Å². The second-order valence-corrected chi connectivity index (χ2v) is 6.02. The molecule has 19 heavy (non-hydrogen) atoms. The molecular weight excluding hydrogens is 230 g/mol. The van der Waals surface area contributed by atoms with Crippen LogP contribution in [-0.2, 0) is 6.54 Å². The Morgan fingerprint density at radius 1 is 1.00 bits per heavy atom. The molecule has 1 aromatic carbocycles. The molecule has 0 heterocycles. The van der Waals surface area contributed by atoms with E-state index in [-0.39, 0.29) is 0 Å². The van der Waals surface area contributed by atoms with Gasteiger partial charge in [-0.15, -0.1) is 0 Å². The first-order valence-electron chi connectivity index (χ1n) is 7.77. The van der Waals surface area contributed by atoms with E-state index in [1.54, 1.807) is 0 Å². The van der Waals surface area contributed by atoms with Crippen LogP contribution in [0.4, 0.5) is 0 Å². The van der Waals surface area contributed by atoms with Gasteiger partial charge in [0, 0.05) is 12.6 Å². The van der Waals surface area contributed by atoms with Crippen molar-refractivity contribution in [2.24, 2.45) is 0 Å². The van der Waals surface area contributed by atoms with Gasteiger partial charge in [-0.05, 0) is 68.9 Å². The third-order valence-corrected chi connectivity index (χ3v) is 4.39. The van der Waals surface area contributed by atoms with Gasteiger partial charge in [0.05, 0.1) is 0 Å². The summed E-state index contributed by atoms with van der Waals surface area (Å²) < 4.78 is 0. The molecule has 0 bridgehead atoms. The fourth-order valence-electron chi connectivity index (χ4n) is 2.64. The van der Waals surface area contributed by atoms with Gasteiger partial charge in [0.1, 0.15) is 0 Å². The maximum absolute atomic E-state index is 3.69. The van der Waals surface area contributed by atoms with Crippen molar-refractivity contribution in [2.75, 3.05) is 0 Å². The predicted molar refractivity (Wildman–Crippen MR) is 85.8 cm³/mol. The summed E-state index contributed by atoms with van der Waals surface area (Å²) in [5.74, 6) is 0. The van der Waals surface area contributed by atoms with Crippen LogP contribution in [0.3, 0.4) is 0 Å². The third-order valence-electron chi connectivity index (χ3n) is 4.39. The molecule has 1 atom stereocenters. The van der Waals surface area contributed by atoms with Gasteiger partial charge in [-0.25, -0.2) is 0 Å². The number of nitrogens with one attached hydrogen (secondary N) is 1. The lowest BCUT2D eigenvalue weighted by molar-refractivity contribution is 0.486. The summed E-state index contributed by atoms with van der Waals surface area (Å²) in [6.07, 6.45) is 5.29. The van der Waals surface area contributed by atoms with E-state index in [0.29, 0.717) is 6.04 Å². The Hall–Kier alpha value is -0.820. The van der Waals surface area contributed by atoms with Crippen LogP contribution >= 0.6 is 0 Å². The van der Waals surface area contributed by atoms with Gasteiger partial charge in [-0.3, -0.25) is 0 Å². The Morgan fingerprint density at radius 2 is 1.58 bits per heavy atom. The van der Waals surface area contributed by atoms with Crippen molar-refractivity contribution in [1.82, 2.24) is 5.32 Å². The molecule has 0 saturated heterocycles. The lowest BCUT2D eigenvalue weighted by atomic mass is 9.94. The number of benzene rings is 1. The lowest BCUT2D eigenvalue weighted by Crippen LogP contribution is -2.26. The first-order valence-corrected chi connectivity index (χ1v) is 7.77. The summed E-state index contributed by atoms with van der Waals surface area (Å²) in [6, 6.07) is 2.92. The van der Waals surface area contributed by atoms with E-state index < -0.39 is 0 Å². The minimum atomic E-state index is 0.617. The quantitative estimate of drug-likeness (QED) is 0.683. The molecule has 1 aromatic rings. The molecule has 0 saturated carbocycles. The van der Waals surface area contributed by atoms with E-state index in [9.17, 15) is 0 Å². The average molecular weight is 261 g/mol. The third kappa shape index (κ3) is 4.65. The zero-order valence-corrected chi connectivity index (χ0v) is 13.7. The van der Waals surface area contributed by atoms with E-state index in [1.807, 2.05) is 0 Å². The number of hydrogen-bond acceptors (Lipinski definition) is 1. The second kappa shape index (κ2) is 7.69. The van der Waals surface area contributed by atoms with Crippen molar-refractivity contribution < 1.29 is 0 Å². The zero-order valence-electron chi connectivity index (χ0n) is 13.7. The fourth-order valence-corrected chi connectivity index (χ4v) is 2.64. The highest BCUT2D eigenvalue weighted by atomic mass is 14.9. The molecule has 0 aliphatic carbocycles. The standard InChI is InChI=1S/C18H31N/c1-7-8-9-10-15(4)19-12-18-16(5)13(2)11-14(3)17(18)6/h11,15,19H,7-10,12H2,1-6H3. The Balaban J connectivity index is 2.62. The summed E-state index contributed by atoms with van der Waals surface area (Å²) in [5, 5.41) is 3.69. The van der Waals surface area contributed by atoms with Gasteiger partial charge in [0.15, 0.2) is 0 Å². The zero-order chi connectivity index (χ0) is 14.4. The number of rotatable bonds is 7. The highest BCUT2D eigenvalue weighted by Gasteiger charge is 2.09. The SMILES string of the molecule is CCCCCC(C)NCc1c(C)c(C)cc(C)c1C. The van der Waals surface area contributed by atoms with Crippen LogP contribution in [0.1, 0.15) is 67.3 Å². The number of aryl methyl sites for hydroxylation is 2. The Morgan fingerprint density at radius 3 is 2.11 bits per heavy atom. The van der Waals surface area contributed by atoms with E-state index in [4.69, 9.17) is 0 Å². The van der Waals surface area contributed by atoms with Gasteiger partial charge < -0.3 is 5.32 Å². The average Bonchev–Trinajstić information content (AvgIpc) is 2.37. The van der Waals surface area contributed by atoms with Crippen molar-refractivity contribution in [3.63, 3.8) is 0 Å². The minimum absolute atomic E-state index is 0.617. The lowest BCUT2D eigenvalue weighted by Gasteiger charge is -2.19. The van der Waals surface area contributed by atoms with Gasteiger partial charge >= 0.3 is 0 Å². The maximum Gasteiger partial charge on any atom is 0.0213 e. The first kappa shape index (κ1) is 16.2. The van der Waals surface area contributed by atoms with E-state index in [2.05, 4.69) is 52.9 Å². The first-order chi connectivity index (χ1) is 8.97. The van der Waals surface area contributed by atoms with Crippen LogP contribution in [0.25, 0.3) is 0 Å². The van der Waals surface area contributed by atoms with Gasteiger partial charge in [0.2, 0.25) is 0 Å². The molecule has 1 rings (SSSR count). The minimum Gasteiger partial charge on any atom is -0.310 e. The van der Waals surface area contributed by atoms with E-state index in [0.717, 1.165) is 6.54 Å². The van der Waals surface area contributed by atoms with Crippen molar-refractivity contribution >= 4 is 0 Å². The summed E-state index contributed by atoms with van der Waals surface area (Å²) in [7, 11) is 0. The summed E-state index contributed by atoms with van der Waals surface area (Å²) in [5.41, 5.74) is 7.24. The highest BCUT2D eigenvalue weighted by Crippen LogP contribution is 2.21. The summed E-state index contributed by atoms with van der Waals surface area (Å²) >= 11 is 0. The molecule has 0 aromatic heterocycles. The molecule has 0 amide bonds. The van der Waals surface area contributed by atoms with Crippen LogP contribution in [0, 0.1) is 27.7 Å². The molecule has 0 fully saturated rings. The molecule has 0 spiro atoms. The monoisotopic (exact) mass is 261 g/mol. The van der Waals surface area contributed by atoms with Gasteiger partial charge in [0.25, 0.3) is 0 Å². The molecule has 1 heteroatoms. The number of hydrogen-bond donors (Lipinski definition) is 1. The van der Waals surface area contributed by atoms with Crippen molar-refractivity contribution in [3.8, 4) is 0 Å². The topological polar surface area (TPSA) is 12.0 Å². The van der Waals surface area contributed by atoms with E-state index in [1.165, 1.54) is 53.5 Å². The van der Waals surface area contributed by atoms with Crippen LogP contribution < -0.4 is 5.32 Å². The second-order valence-electron chi connectivity index (χ2n) is 6.02. The Kier molecular flexibility index (Phi) is 6.57. The summed E-state index contributed by atoms with van der Waals surface area (Å²) in [6.45, 7) is 14.5. The molecule has 0 radical (unpaired) electrons. The predicted octanol–water partition coefficient (Wildman–Crippen LogP) is 4.98. The van der Waals surface area contributed by atoms with Gasteiger partial charge in [-0.2, -0.15) is 0 Å². The Labute approximate surface area is 119 Å². The maximum atomic E-state index is 3.69. The van der Waals surface area contributed by atoms with Crippen molar-refractivity contribution in [3.05, 3.63) is 33.9 Å². The van der Waals surface area contributed by atoms with Crippen molar-refractivity contribution in [2.45, 2.75) is 79.8 Å². The molecular formula is C18H31N. The normalized spacial score (nSPS) is 12.7. The smallest absolute Gasteiger partial charge is 0.0213 e. The molecule has 1 nitrogen and oxygen atoms in total. The fraction of sp³-hybridized carbons (Fsp3) is 0.667. The van der Waals surface area contributed by atoms with E-state index >= 15 is 0 Å². The van der Waals surface area contributed by atoms with Crippen molar-refractivity contribution in [1.29, 1.82) is 0 Å². The largest absolute Gasteiger partial charge is 0.310 e. The van der Waals surface area contributed by atoms with Gasteiger partial charge in [-0.1, -0.05) is 32.3 Å². The highest BCUT2D eigenvalue weighted by molar-refractivity contribution is 5.43. The number of unbranched alkanes of at least 4 members (excludes halogenated alkanes) is 2. The molecule has 0 aliphatic heterocycles. The molecule has 108 valence electrons. The van der Waals surface area contributed by atoms with Crippen LogP contribution in [0.15, 0.2) is 6.07 Å². The molecule has 1 unspecified atom stereocenters. The Bertz CT molecular complexity index is 380. The van der Waals surface area contributed by atoms with Crippen LogP contribution in [0.5, 0.6) is 0 Å². The summed E-state index contributed by atoms with van der Waals surface area (Å²) in [4.78, 5) is 0.